The van der Waals surface area contributed by atoms with Gasteiger partial charge in [0, 0.05) is 24.1 Å². The van der Waals surface area contributed by atoms with Gasteiger partial charge in [-0.2, -0.15) is 0 Å². The summed E-state index contributed by atoms with van der Waals surface area (Å²) < 4.78 is 5.31. The fourth-order valence-corrected chi connectivity index (χ4v) is 2.91. The molecule has 0 unspecified atom stereocenters. The van der Waals surface area contributed by atoms with Crippen LogP contribution in [-0.2, 0) is 24.3 Å². The second-order valence-electron chi connectivity index (χ2n) is 5.55. The third-order valence-corrected chi connectivity index (χ3v) is 4.16. The number of rotatable bonds is 4. The van der Waals surface area contributed by atoms with Crippen LogP contribution >= 0.6 is 0 Å². The monoisotopic (exact) mass is 297 g/mol. The average Bonchev–Trinajstić information content (AvgIpc) is 2.59. The maximum absolute atomic E-state index is 12.4. The van der Waals surface area contributed by atoms with Crippen molar-refractivity contribution >= 4 is 5.91 Å². The van der Waals surface area contributed by atoms with Gasteiger partial charge in [-0.15, -0.1) is 0 Å². The van der Waals surface area contributed by atoms with Gasteiger partial charge in [0.15, 0.2) is 6.04 Å². The van der Waals surface area contributed by atoms with Crippen LogP contribution in [0.4, 0.5) is 0 Å². The number of nitrogens with one attached hydrogen (secondary N) is 1. The van der Waals surface area contributed by atoms with Gasteiger partial charge >= 0.3 is 0 Å². The number of carbonyl (C=O) groups excluding carboxylic acids is 1. The number of hydrogen-bond acceptors (Lipinski definition) is 2. The van der Waals surface area contributed by atoms with Crippen molar-refractivity contribution in [1.29, 1.82) is 0 Å². The number of methoxy groups -OCH3 is 1. The molecule has 1 aliphatic heterocycles. The van der Waals surface area contributed by atoms with Crippen molar-refractivity contribution in [2.45, 2.75) is 25.6 Å². The van der Waals surface area contributed by atoms with E-state index in [0.717, 1.165) is 24.3 Å². The fourth-order valence-electron chi connectivity index (χ4n) is 2.91. The maximum Gasteiger partial charge on any atom is 0.278 e. The molecule has 1 heterocycles. The lowest BCUT2D eigenvalue weighted by Crippen LogP contribution is -2.93. The first-order valence-electron chi connectivity index (χ1n) is 7.57. The van der Waals surface area contributed by atoms with E-state index in [1.165, 1.54) is 11.1 Å². The summed E-state index contributed by atoms with van der Waals surface area (Å²) in [7, 11) is 1.65. The molecule has 22 heavy (non-hydrogen) atoms. The molecule has 0 aliphatic carbocycles. The topological polar surface area (TPSA) is 54.9 Å². The Balaban J connectivity index is 1.61. The number of para-hydroxylation sites is 1. The zero-order valence-corrected chi connectivity index (χ0v) is 12.7. The van der Waals surface area contributed by atoms with E-state index >= 15 is 0 Å². The Labute approximate surface area is 130 Å². The fraction of sp³-hybridized carbons (Fsp3) is 0.278. The summed E-state index contributed by atoms with van der Waals surface area (Å²) in [5, 5.41) is 5.14. The van der Waals surface area contributed by atoms with E-state index in [9.17, 15) is 4.79 Å². The number of carbonyl (C=O) groups is 1. The molecule has 0 spiro atoms. The first-order valence-corrected chi connectivity index (χ1v) is 7.57. The van der Waals surface area contributed by atoms with Crippen molar-refractivity contribution in [2.24, 2.45) is 0 Å². The SMILES string of the molecule is COc1ccccc1CNC(=O)[C@@H]1Cc2ccccc2C[NH2+]1. The minimum absolute atomic E-state index is 0.0513. The molecule has 3 N–H and O–H groups in total. The highest BCUT2D eigenvalue weighted by molar-refractivity contribution is 5.80. The number of fused-ring (bicyclic) bond motifs is 1. The van der Waals surface area contributed by atoms with Crippen molar-refractivity contribution in [3.8, 4) is 5.75 Å². The zero-order chi connectivity index (χ0) is 15.4. The molecule has 3 rings (SSSR count). The van der Waals surface area contributed by atoms with Crippen LogP contribution in [0.5, 0.6) is 5.75 Å². The largest absolute Gasteiger partial charge is 0.496 e. The number of amides is 1. The molecule has 0 radical (unpaired) electrons. The molecule has 0 aromatic heterocycles. The smallest absolute Gasteiger partial charge is 0.278 e. The van der Waals surface area contributed by atoms with Crippen LogP contribution in [0.2, 0.25) is 0 Å². The van der Waals surface area contributed by atoms with Crippen LogP contribution in [0.15, 0.2) is 48.5 Å². The maximum atomic E-state index is 12.4. The first-order chi connectivity index (χ1) is 10.8. The van der Waals surface area contributed by atoms with Crippen LogP contribution in [0, 0.1) is 0 Å². The van der Waals surface area contributed by atoms with E-state index in [1.54, 1.807) is 7.11 Å². The van der Waals surface area contributed by atoms with Crippen LogP contribution < -0.4 is 15.4 Å². The van der Waals surface area contributed by atoms with Crippen LogP contribution in [0.3, 0.4) is 0 Å². The minimum Gasteiger partial charge on any atom is -0.496 e. The summed E-state index contributed by atoms with van der Waals surface area (Å²) >= 11 is 0. The average molecular weight is 297 g/mol. The Hall–Kier alpha value is -2.33. The Kier molecular flexibility index (Phi) is 4.39. The summed E-state index contributed by atoms with van der Waals surface area (Å²) in [6.45, 7) is 1.36. The molecule has 4 nitrogen and oxygen atoms in total. The van der Waals surface area contributed by atoms with E-state index < -0.39 is 0 Å². The molecule has 1 aliphatic rings. The summed E-state index contributed by atoms with van der Waals surface area (Å²) in [4.78, 5) is 12.4. The highest BCUT2D eigenvalue weighted by Crippen LogP contribution is 2.17. The molecule has 0 fully saturated rings. The van der Waals surface area contributed by atoms with Gasteiger partial charge in [0.2, 0.25) is 0 Å². The first kappa shape index (κ1) is 14.6. The molecule has 0 bridgehead atoms. The molecular weight excluding hydrogens is 276 g/mol. The van der Waals surface area contributed by atoms with Crippen molar-refractivity contribution in [3.05, 3.63) is 65.2 Å². The van der Waals surface area contributed by atoms with Gasteiger partial charge in [0.25, 0.3) is 5.91 Å². The van der Waals surface area contributed by atoms with Crippen molar-refractivity contribution in [1.82, 2.24) is 5.32 Å². The summed E-state index contributed by atoms with van der Waals surface area (Å²) in [6, 6.07) is 16.0. The zero-order valence-electron chi connectivity index (χ0n) is 12.7. The molecule has 1 amide bonds. The Bertz CT molecular complexity index is 670. The quantitative estimate of drug-likeness (QED) is 0.884. The van der Waals surface area contributed by atoms with E-state index in [0.29, 0.717) is 6.54 Å². The number of benzene rings is 2. The lowest BCUT2D eigenvalue weighted by molar-refractivity contribution is -0.695. The molecule has 0 saturated heterocycles. The Morgan fingerprint density at radius 3 is 2.73 bits per heavy atom. The molecule has 2 aromatic carbocycles. The highest BCUT2D eigenvalue weighted by Gasteiger charge is 2.27. The van der Waals surface area contributed by atoms with Gasteiger partial charge in [-0.1, -0.05) is 42.5 Å². The van der Waals surface area contributed by atoms with Crippen LogP contribution in [-0.4, -0.2) is 19.1 Å². The predicted molar refractivity (Wildman–Crippen MR) is 84.4 cm³/mol. The lowest BCUT2D eigenvalue weighted by atomic mass is 9.95. The molecule has 2 aromatic rings. The third kappa shape index (κ3) is 3.12. The minimum atomic E-state index is -0.0513. The van der Waals surface area contributed by atoms with Crippen LogP contribution in [0.25, 0.3) is 0 Å². The summed E-state index contributed by atoms with van der Waals surface area (Å²) in [5.74, 6) is 0.890. The third-order valence-electron chi connectivity index (χ3n) is 4.16. The lowest BCUT2D eigenvalue weighted by Gasteiger charge is -2.22. The van der Waals surface area contributed by atoms with Crippen LogP contribution in [0.1, 0.15) is 16.7 Å². The molecule has 4 heteroatoms. The van der Waals surface area contributed by atoms with Crippen molar-refractivity contribution in [2.75, 3.05) is 7.11 Å². The van der Waals surface area contributed by atoms with Gasteiger partial charge < -0.3 is 15.4 Å². The Morgan fingerprint density at radius 2 is 1.91 bits per heavy atom. The van der Waals surface area contributed by atoms with Gasteiger partial charge in [-0.05, 0) is 11.6 Å². The van der Waals surface area contributed by atoms with E-state index in [4.69, 9.17) is 4.74 Å². The van der Waals surface area contributed by atoms with Crippen molar-refractivity contribution < 1.29 is 14.8 Å². The standard InChI is InChI=1S/C18H20N2O2/c1-22-17-9-5-4-8-15(17)12-20-18(21)16-10-13-6-2-3-7-14(13)11-19-16/h2-9,16,19H,10-12H2,1H3,(H,20,21)/p+1/t16-/m0/s1. The van der Waals surface area contributed by atoms with Gasteiger partial charge in [-0.3, -0.25) is 4.79 Å². The van der Waals surface area contributed by atoms with E-state index in [-0.39, 0.29) is 11.9 Å². The number of hydrogen-bond donors (Lipinski definition) is 2. The van der Waals surface area contributed by atoms with E-state index in [2.05, 4.69) is 28.8 Å². The van der Waals surface area contributed by atoms with Gasteiger partial charge in [0.1, 0.15) is 12.3 Å². The van der Waals surface area contributed by atoms with Gasteiger partial charge in [0.05, 0.1) is 7.11 Å². The second-order valence-corrected chi connectivity index (χ2v) is 5.55. The molecule has 1 atom stereocenters. The Morgan fingerprint density at radius 1 is 1.18 bits per heavy atom. The summed E-state index contributed by atoms with van der Waals surface area (Å²) in [5.41, 5.74) is 3.60. The normalized spacial score (nSPS) is 16.7. The van der Waals surface area contributed by atoms with Gasteiger partial charge in [-0.25, -0.2) is 0 Å². The number of nitrogens with two attached hydrogens (primary N) is 1. The molecule has 114 valence electrons. The predicted octanol–water partition coefficient (Wildman–Crippen LogP) is 1.000. The molecule has 0 saturated carbocycles. The second kappa shape index (κ2) is 6.62. The number of quaternary nitrogens is 1. The molecular formula is C18H21N2O2+. The van der Waals surface area contributed by atoms with Crippen molar-refractivity contribution in [3.63, 3.8) is 0 Å². The van der Waals surface area contributed by atoms with E-state index in [1.807, 2.05) is 30.3 Å². The summed E-state index contributed by atoms with van der Waals surface area (Å²) in [6.07, 6.45) is 0.786. The number of ether oxygens (including phenoxy) is 1. The highest BCUT2D eigenvalue weighted by atomic mass is 16.5.